The first kappa shape index (κ1) is 25.7. The molecule has 2 aromatic rings. The SMILES string of the molecule is C=CC=C(C)CCCCN1CCC(c2cc(-c3ccccc3)sc2C(=O)O)=C(C2CCCCC2)C1. The summed E-state index contributed by atoms with van der Waals surface area (Å²) in [4.78, 5) is 16.5. The number of rotatable bonds is 10. The minimum absolute atomic E-state index is 0.505. The Kier molecular flexibility index (Phi) is 9.17. The van der Waals surface area contributed by atoms with Crippen LogP contribution in [0.15, 0.2) is 66.3 Å². The molecular formula is C31H39NO2S. The van der Waals surface area contributed by atoms with Crippen molar-refractivity contribution in [1.29, 1.82) is 0 Å². The number of carboxylic acid groups (broad SMARTS) is 1. The van der Waals surface area contributed by atoms with Gasteiger partial charge in [-0.25, -0.2) is 4.79 Å². The molecule has 35 heavy (non-hydrogen) atoms. The van der Waals surface area contributed by atoms with E-state index in [0.717, 1.165) is 48.5 Å². The lowest BCUT2D eigenvalue weighted by Gasteiger charge is -2.36. The van der Waals surface area contributed by atoms with E-state index in [-0.39, 0.29) is 0 Å². The molecule has 1 fully saturated rings. The summed E-state index contributed by atoms with van der Waals surface area (Å²) in [5, 5.41) is 10.1. The van der Waals surface area contributed by atoms with Crippen LogP contribution in [0, 0.1) is 5.92 Å². The molecule has 2 aliphatic rings. The number of carbonyl (C=O) groups is 1. The van der Waals surface area contributed by atoms with E-state index in [0.29, 0.717) is 10.8 Å². The van der Waals surface area contributed by atoms with Crippen molar-refractivity contribution in [3.8, 4) is 10.4 Å². The van der Waals surface area contributed by atoms with E-state index < -0.39 is 5.97 Å². The molecule has 0 bridgehead atoms. The summed E-state index contributed by atoms with van der Waals surface area (Å²) < 4.78 is 0. The summed E-state index contributed by atoms with van der Waals surface area (Å²) in [6, 6.07) is 12.4. The molecule has 1 saturated carbocycles. The van der Waals surface area contributed by atoms with Crippen molar-refractivity contribution >= 4 is 22.9 Å². The Morgan fingerprint density at radius 3 is 2.66 bits per heavy atom. The van der Waals surface area contributed by atoms with Gasteiger partial charge in [-0.05, 0) is 80.7 Å². The second kappa shape index (κ2) is 12.5. The number of nitrogens with zero attached hydrogens (tertiary/aromatic N) is 1. The van der Waals surface area contributed by atoms with E-state index in [4.69, 9.17) is 0 Å². The Hall–Kier alpha value is -2.43. The molecule has 0 amide bonds. The molecule has 4 rings (SSSR count). The standard InChI is InChI=1S/C31H39NO2S/c1-3-12-23(2)13-10-11-19-32-20-18-26(28(22-32)24-14-6-4-7-15-24)27-21-29(35-30(27)31(33)34)25-16-8-5-9-17-25/h3,5,8-9,12,16-17,21,24H,1,4,6-7,10-11,13-15,18-20,22H2,2H3,(H,33,34). The number of unbranched alkanes of at least 4 members (excludes halogenated alkanes) is 1. The summed E-state index contributed by atoms with van der Waals surface area (Å²) in [6.45, 7) is 9.12. The van der Waals surface area contributed by atoms with Crippen LogP contribution in [0.4, 0.5) is 0 Å². The molecular weight excluding hydrogens is 450 g/mol. The molecule has 1 N–H and O–H groups in total. The number of hydrogen-bond donors (Lipinski definition) is 1. The molecule has 0 unspecified atom stereocenters. The van der Waals surface area contributed by atoms with Gasteiger partial charge in [-0.15, -0.1) is 11.3 Å². The third-order valence-corrected chi connectivity index (χ3v) is 8.74. The lowest BCUT2D eigenvalue weighted by atomic mass is 9.78. The molecule has 1 aliphatic carbocycles. The highest BCUT2D eigenvalue weighted by Gasteiger charge is 2.30. The van der Waals surface area contributed by atoms with E-state index >= 15 is 0 Å². The van der Waals surface area contributed by atoms with Crippen molar-refractivity contribution < 1.29 is 9.90 Å². The maximum Gasteiger partial charge on any atom is 0.346 e. The maximum atomic E-state index is 12.3. The van der Waals surface area contributed by atoms with E-state index in [1.54, 1.807) is 0 Å². The highest BCUT2D eigenvalue weighted by molar-refractivity contribution is 7.17. The Balaban J connectivity index is 1.59. The molecule has 0 atom stereocenters. The maximum absolute atomic E-state index is 12.3. The zero-order valence-electron chi connectivity index (χ0n) is 21.1. The van der Waals surface area contributed by atoms with Gasteiger partial charge < -0.3 is 5.11 Å². The monoisotopic (exact) mass is 489 g/mol. The first-order chi connectivity index (χ1) is 17.1. The summed E-state index contributed by atoms with van der Waals surface area (Å²) in [6.07, 6.45) is 14.9. The Bertz CT molecular complexity index is 1070. The number of allylic oxidation sites excluding steroid dienone is 3. The third-order valence-electron chi connectivity index (χ3n) is 7.57. The van der Waals surface area contributed by atoms with Gasteiger partial charge in [0.05, 0.1) is 0 Å². The number of benzene rings is 1. The number of carboxylic acids is 1. The van der Waals surface area contributed by atoms with Crippen molar-refractivity contribution in [1.82, 2.24) is 4.90 Å². The lowest BCUT2D eigenvalue weighted by molar-refractivity contribution is 0.0702. The normalized spacial score (nSPS) is 18.1. The van der Waals surface area contributed by atoms with Crippen LogP contribution in [0.25, 0.3) is 16.0 Å². The molecule has 0 radical (unpaired) electrons. The number of aromatic carboxylic acids is 1. The van der Waals surface area contributed by atoms with Crippen LogP contribution in [0.2, 0.25) is 0 Å². The van der Waals surface area contributed by atoms with Crippen LogP contribution >= 0.6 is 11.3 Å². The largest absolute Gasteiger partial charge is 0.477 e. The predicted molar refractivity (Wildman–Crippen MR) is 149 cm³/mol. The van der Waals surface area contributed by atoms with Crippen molar-refractivity contribution in [2.24, 2.45) is 5.92 Å². The molecule has 0 saturated heterocycles. The Labute approximate surface area is 214 Å². The molecule has 4 heteroatoms. The fourth-order valence-corrected chi connectivity index (χ4v) is 6.74. The molecule has 186 valence electrons. The van der Waals surface area contributed by atoms with Gasteiger partial charge in [-0.3, -0.25) is 4.90 Å². The van der Waals surface area contributed by atoms with Gasteiger partial charge >= 0.3 is 5.97 Å². The average Bonchev–Trinajstić information content (AvgIpc) is 3.34. The van der Waals surface area contributed by atoms with Gasteiger partial charge in [0.25, 0.3) is 0 Å². The zero-order valence-corrected chi connectivity index (χ0v) is 21.9. The van der Waals surface area contributed by atoms with Crippen LogP contribution in [-0.2, 0) is 0 Å². The predicted octanol–water partition coefficient (Wildman–Crippen LogP) is 8.46. The van der Waals surface area contributed by atoms with Crippen LogP contribution in [0.3, 0.4) is 0 Å². The van der Waals surface area contributed by atoms with Crippen molar-refractivity contribution in [2.75, 3.05) is 19.6 Å². The summed E-state index contributed by atoms with van der Waals surface area (Å²) in [7, 11) is 0. The highest BCUT2D eigenvalue weighted by Crippen LogP contribution is 2.43. The van der Waals surface area contributed by atoms with E-state index in [2.05, 4.69) is 42.7 Å². The van der Waals surface area contributed by atoms with Gasteiger partial charge in [-0.2, -0.15) is 0 Å². The Morgan fingerprint density at radius 1 is 1.17 bits per heavy atom. The van der Waals surface area contributed by atoms with Crippen LogP contribution in [-0.4, -0.2) is 35.6 Å². The third kappa shape index (κ3) is 6.62. The minimum Gasteiger partial charge on any atom is -0.477 e. The quantitative estimate of drug-likeness (QED) is 0.269. The zero-order chi connectivity index (χ0) is 24.6. The molecule has 3 nitrogen and oxygen atoms in total. The van der Waals surface area contributed by atoms with Crippen molar-refractivity contribution in [2.45, 2.75) is 64.7 Å². The van der Waals surface area contributed by atoms with Crippen molar-refractivity contribution in [3.05, 3.63) is 76.7 Å². The fourth-order valence-electron chi connectivity index (χ4n) is 5.71. The van der Waals surface area contributed by atoms with Gasteiger partial charge in [-0.1, -0.05) is 73.9 Å². The second-order valence-electron chi connectivity index (χ2n) is 10.1. The van der Waals surface area contributed by atoms with E-state index in [1.165, 1.54) is 73.0 Å². The van der Waals surface area contributed by atoms with Gasteiger partial charge in [0.15, 0.2) is 0 Å². The van der Waals surface area contributed by atoms with Crippen LogP contribution in [0.1, 0.15) is 79.9 Å². The highest BCUT2D eigenvalue weighted by atomic mass is 32.1. The van der Waals surface area contributed by atoms with E-state index in [9.17, 15) is 9.90 Å². The molecule has 1 aromatic heterocycles. The molecule has 1 aromatic carbocycles. The summed E-state index contributed by atoms with van der Waals surface area (Å²) >= 11 is 1.43. The fraction of sp³-hybridized carbons (Fsp3) is 0.452. The molecule has 0 spiro atoms. The molecule has 2 heterocycles. The van der Waals surface area contributed by atoms with Gasteiger partial charge in [0.1, 0.15) is 4.88 Å². The van der Waals surface area contributed by atoms with E-state index in [1.807, 2.05) is 24.3 Å². The lowest BCUT2D eigenvalue weighted by Crippen LogP contribution is -2.35. The van der Waals surface area contributed by atoms with Crippen LogP contribution < -0.4 is 0 Å². The molecule has 1 aliphatic heterocycles. The Morgan fingerprint density at radius 2 is 1.94 bits per heavy atom. The van der Waals surface area contributed by atoms with Crippen LogP contribution in [0.5, 0.6) is 0 Å². The first-order valence-corrected chi connectivity index (χ1v) is 14.0. The summed E-state index contributed by atoms with van der Waals surface area (Å²) in [5.74, 6) is -0.200. The first-order valence-electron chi connectivity index (χ1n) is 13.2. The number of hydrogen-bond acceptors (Lipinski definition) is 3. The minimum atomic E-state index is -0.798. The van der Waals surface area contributed by atoms with Gasteiger partial charge in [0, 0.05) is 23.5 Å². The average molecular weight is 490 g/mol. The number of thiophene rings is 1. The summed E-state index contributed by atoms with van der Waals surface area (Å²) in [5.41, 5.74) is 6.33. The van der Waals surface area contributed by atoms with Gasteiger partial charge in [0.2, 0.25) is 0 Å². The smallest absolute Gasteiger partial charge is 0.346 e. The second-order valence-corrected chi connectivity index (χ2v) is 11.1. The van der Waals surface area contributed by atoms with Crippen molar-refractivity contribution in [3.63, 3.8) is 0 Å². The topological polar surface area (TPSA) is 40.5 Å².